The number of fused-ring (bicyclic) bond motifs is 2. The van der Waals surface area contributed by atoms with Gasteiger partial charge >= 0.3 is 0 Å². The number of nitrogens with zero attached hydrogens (tertiary/aromatic N) is 1. The number of rotatable bonds is 5. The molecule has 8 heteroatoms. The van der Waals surface area contributed by atoms with Crippen molar-refractivity contribution < 1.29 is 23.4 Å². The van der Waals surface area contributed by atoms with Crippen molar-refractivity contribution in [1.82, 2.24) is 4.90 Å². The fraction of sp³-hybridized carbons (Fsp3) is 0.154. The highest BCUT2D eigenvalue weighted by molar-refractivity contribution is 6.31. The van der Waals surface area contributed by atoms with Crippen molar-refractivity contribution >= 4 is 28.5 Å². The van der Waals surface area contributed by atoms with Gasteiger partial charge in [0, 0.05) is 11.6 Å². The molecule has 1 amide bonds. The molecule has 0 aliphatic carbocycles. The predicted molar refractivity (Wildman–Crippen MR) is 125 cm³/mol. The highest BCUT2D eigenvalue weighted by Gasteiger charge is 2.43. The summed E-state index contributed by atoms with van der Waals surface area (Å²) in [6.07, 6.45) is 0. The second kappa shape index (κ2) is 8.50. The molecular weight excluding hydrogens is 461 g/mol. The first-order valence-electron chi connectivity index (χ1n) is 10.6. The van der Waals surface area contributed by atoms with E-state index in [2.05, 4.69) is 0 Å². The molecule has 0 unspecified atom stereocenters. The van der Waals surface area contributed by atoms with Crippen molar-refractivity contribution in [3.63, 3.8) is 0 Å². The molecule has 0 fully saturated rings. The SMILES string of the molecule is CCOc1cc([C@@H]2c3c(oc4ccc(Cl)cc4c3=O)C(=O)N2Cc2ccc(F)cc2)ccc1O. The molecule has 0 saturated heterocycles. The van der Waals surface area contributed by atoms with E-state index in [4.69, 9.17) is 20.8 Å². The first kappa shape index (κ1) is 22.0. The van der Waals surface area contributed by atoms with E-state index in [0.29, 0.717) is 22.8 Å². The lowest BCUT2D eigenvalue weighted by molar-refractivity contribution is 0.0714. The number of aromatic hydroxyl groups is 1. The Labute approximate surface area is 198 Å². The van der Waals surface area contributed by atoms with Crippen molar-refractivity contribution in [3.05, 3.63) is 104 Å². The van der Waals surface area contributed by atoms with Crippen LogP contribution >= 0.6 is 11.6 Å². The van der Waals surface area contributed by atoms with E-state index >= 15 is 0 Å². The van der Waals surface area contributed by atoms with Crippen LogP contribution in [0.1, 0.15) is 40.2 Å². The molecular formula is C26H19ClFNO5. The van der Waals surface area contributed by atoms with Crippen LogP contribution in [0.4, 0.5) is 4.39 Å². The van der Waals surface area contributed by atoms with Crippen LogP contribution in [0, 0.1) is 5.82 Å². The van der Waals surface area contributed by atoms with E-state index in [9.17, 15) is 19.1 Å². The Morgan fingerprint density at radius 3 is 2.59 bits per heavy atom. The molecule has 3 aromatic carbocycles. The first-order valence-corrected chi connectivity index (χ1v) is 11.0. The number of carbonyl (C=O) groups is 1. The zero-order valence-corrected chi connectivity index (χ0v) is 18.8. The van der Waals surface area contributed by atoms with Crippen LogP contribution in [0.5, 0.6) is 11.5 Å². The first-order chi connectivity index (χ1) is 16.4. The fourth-order valence-electron chi connectivity index (χ4n) is 4.26. The Bertz CT molecular complexity index is 1480. The number of phenols is 1. The number of ether oxygens (including phenoxy) is 1. The quantitative estimate of drug-likeness (QED) is 0.412. The second-order valence-corrected chi connectivity index (χ2v) is 8.37. The number of benzene rings is 3. The van der Waals surface area contributed by atoms with E-state index in [0.717, 1.165) is 0 Å². The average Bonchev–Trinajstić information content (AvgIpc) is 3.09. The molecule has 6 nitrogen and oxygen atoms in total. The van der Waals surface area contributed by atoms with E-state index in [-0.39, 0.29) is 45.8 Å². The lowest BCUT2D eigenvalue weighted by Gasteiger charge is -2.25. The smallest absolute Gasteiger partial charge is 0.291 e. The lowest BCUT2D eigenvalue weighted by Crippen LogP contribution is -2.29. The highest BCUT2D eigenvalue weighted by Crippen LogP contribution is 2.41. The minimum absolute atomic E-state index is 0.0574. The normalized spacial score (nSPS) is 15.1. The molecule has 172 valence electrons. The summed E-state index contributed by atoms with van der Waals surface area (Å²) < 4.78 is 24.9. The summed E-state index contributed by atoms with van der Waals surface area (Å²) in [7, 11) is 0. The fourth-order valence-corrected chi connectivity index (χ4v) is 4.43. The van der Waals surface area contributed by atoms with E-state index < -0.39 is 17.8 Å². The molecule has 0 bridgehead atoms. The van der Waals surface area contributed by atoms with Gasteiger partial charge in [-0.25, -0.2) is 4.39 Å². The molecule has 1 atom stereocenters. The summed E-state index contributed by atoms with van der Waals surface area (Å²) in [4.78, 5) is 28.6. The molecule has 0 saturated carbocycles. The van der Waals surface area contributed by atoms with E-state index in [1.807, 2.05) is 0 Å². The molecule has 2 heterocycles. The third kappa shape index (κ3) is 3.68. The minimum atomic E-state index is -0.813. The molecule has 34 heavy (non-hydrogen) atoms. The third-order valence-electron chi connectivity index (χ3n) is 5.79. The molecule has 1 aliphatic heterocycles. The standard InChI is InChI=1S/C26H19ClFNO5/c1-2-33-21-11-15(5-9-19(21)30)23-22-24(31)18-12-16(27)6-10-20(18)34-25(22)26(32)29(23)13-14-3-7-17(28)8-4-14/h3-12,23,30H,2,13H2,1H3/t23-/m1/s1. The molecule has 1 N–H and O–H groups in total. The van der Waals surface area contributed by atoms with Crippen LogP contribution in [0.2, 0.25) is 5.02 Å². The number of phenolic OH excluding ortho intramolecular Hbond substituents is 1. The zero-order chi connectivity index (χ0) is 24.0. The largest absolute Gasteiger partial charge is 0.504 e. The third-order valence-corrected chi connectivity index (χ3v) is 6.03. The van der Waals surface area contributed by atoms with Gasteiger partial charge in [0.1, 0.15) is 11.4 Å². The Kier molecular flexibility index (Phi) is 5.49. The number of halogens is 2. The van der Waals surface area contributed by atoms with Gasteiger partial charge in [0.05, 0.1) is 23.6 Å². The molecule has 5 rings (SSSR count). The van der Waals surface area contributed by atoms with Gasteiger partial charge in [-0.3, -0.25) is 9.59 Å². The van der Waals surface area contributed by atoms with Crippen molar-refractivity contribution in [1.29, 1.82) is 0 Å². The van der Waals surface area contributed by atoms with Crippen molar-refractivity contribution in [2.75, 3.05) is 6.61 Å². The molecule has 0 spiro atoms. The Balaban J connectivity index is 1.72. The van der Waals surface area contributed by atoms with Gasteiger partial charge in [0.15, 0.2) is 16.9 Å². The van der Waals surface area contributed by atoms with Crippen LogP contribution in [0.3, 0.4) is 0 Å². The van der Waals surface area contributed by atoms with Crippen molar-refractivity contribution in [3.8, 4) is 11.5 Å². The molecule has 1 aromatic heterocycles. The van der Waals surface area contributed by atoms with Crippen molar-refractivity contribution in [2.24, 2.45) is 0 Å². The van der Waals surface area contributed by atoms with Gasteiger partial charge < -0.3 is 19.2 Å². The zero-order valence-electron chi connectivity index (χ0n) is 18.0. The van der Waals surface area contributed by atoms with Crippen LogP contribution in [0.15, 0.2) is 69.9 Å². The monoisotopic (exact) mass is 479 g/mol. The minimum Gasteiger partial charge on any atom is -0.504 e. The maximum atomic E-state index is 13.6. The molecule has 0 radical (unpaired) electrons. The summed E-state index contributed by atoms with van der Waals surface area (Å²) in [5, 5.41) is 10.8. The van der Waals surface area contributed by atoms with Gasteiger partial charge in [-0.15, -0.1) is 0 Å². The van der Waals surface area contributed by atoms with E-state index in [1.165, 1.54) is 29.2 Å². The van der Waals surface area contributed by atoms with Gasteiger partial charge in [-0.05, 0) is 60.5 Å². The summed E-state index contributed by atoms with van der Waals surface area (Å²) in [5.74, 6) is -0.744. The lowest BCUT2D eigenvalue weighted by atomic mass is 9.97. The molecule has 1 aliphatic rings. The van der Waals surface area contributed by atoms with Gasteiger partial charge in [0.2, 0.25) is 5.76 Å². The number of carbonyl (C=O) groups excluding carboxylic acids is 1. The molecule has 4 aromatic rings. The van der Waals surface area contributed by atoms with Gasteiger partial charge in [-0.1, -0.05) is 29.8 Å². The van der Waals surface area contributed by atoms with Crippen LogP contribution < -0.4 is 10.2 Å². The predicted octanol–water partition coefficient (Wildman–Crippen LogP) is 5.44. The second-order valence-electron chi connectivity index (χ2n) is 7.94. The Hall–Kier alpha value is -3.84. The Morgan fingerprint density at radius 2 is 1.85 bits per heavy atom. The van der Waals surface area contributed by atoms with Gasteiger partial charge in [0.25, 0.3) is 5.91 Å². The summed E-state index contributed by atoms with van der Waals surface area (Å²) in [6.45, 7) is 2.21. The topological polar surface area (TPSA) is 80.0 Å². The van der Waals surface area contributed by atoms with Crippen LogP contribution in [-0.4, -0.2) is 22.5 Å². The van der Waals surface area contributed by atoms with Gasteiger partial charge in [-0.2, -0.15) is 0 Å². The van der Waals surface area contributed by atoms with E-state index in [1.54, 1.807) is 43.3 Å². The summed E-state index contributed by atoms with van der Waals surface area (Å²) >= 11 is 6.11. The number of amides is 1. The summed E-state index contributed by atoms with van der Waals surface area (Å²) in [5.41, 5.74) is 1.30. The maximum absolute atomic E-state index is 13.6. The van der Waals surface area contributed by atoms with Crippen LogP contribution in [-0.2, 0) is 6.54 Å². The Morgan fingerprint density at radius 1 is 1.09 bits per heavy atom. The number of hydrogen-bond acceptors (Lipinski definition) is 5. The maximum Gasteiger partial charge on any atom is 0.291 e. The van der Waals surface area contributed by atoms with Crippen LogP contribution in [0.25, 0.3) is 11.0 Å². The summed E-state index contributed by atoms with van der Waals surface area (Å²) in [6, 6.07) is 14.3. The van der Waals surface area contributed by atoms with Crippen molar-refractivity contribution in [2.45, 2.75) is 19.5 Å². The number of hydrogen-bond donors (Lipinski definition) is 1. The average molecular weight is 480 g/mol. The highest BCUT2D eigenvalue weighted by atomic mass is 35.5.